The maximum atomic E-state index is 13.6. The predicted octanol–water partition coefficient (Wildman–Crippen LogP) is 4.56. The Morgan fingerprint density at radius 3 is 2.39 bits per heavy atom. The third-order valence-electron chi connectivity index (χ3n) is 5.63. The van der Waals surface area contributed by atoms with Crippen molar-refractivity contribution in [2.24, 2.45) is 0 Å². The first-order valence-electron chi connectivity index (χ1n) is 12.1. The lowest BCUT2D eigenvalue weighted by molar-refractivity contribution is -0.142. The number of nitrogens with zero attached hydrogens (tertiary/aromatic N) is 1. The molecule has 2 atom stereocenters. The summed E-state index contributed by atoms with van der Waals surface area (Å²) in [5, 5.41) is 5.69. The van der Waals surface area contributed by atoms with Crippen molar-refractivity contribution in [2.75, 3.05) is 6.54 Å². The van der Waals surface area contributed by atoms with Crippen LogP contribution in [-0.2, 0) is 14.3 Å². The van der Waals surface area contributed by atoms with Crippen molar-refractivity contribution >= 4 is 17.9 Å². The van der Waals surface area contributed by atoms with Crippen LogP contribution in [0.3, 0.4) is 0 Å². The molecule has 1 aromatic carbocycles. The molecule has 0 heterocycles. The minimum Gasteiger partial charge on any atom is -0.444 e. The van der Waals surface area contributed by atoms with Crippen LogP contribution in [0.2, 0.25) is 0 Å². The Morgan fingerprint density at radius 2 is 1.82 bits per heavy atom. The van der Waals surface area contributed by atoms with Crippen molar-refractivity contribution in [3.05, 3.63) is 34.9 Å². The average molecular weight is 460 g/mol. The Morgan fingerprint density at radius 1 is 1.15 bits per heavy atom. The quantitative estimate of drug-likeness (QED) is 0.502. The molecule has 2 unspecified atom stereocenters. The fourth-order valence-electron chi connectivity index (χ4n) is 3.80. The van der Waals surface area contributed by atoms with Crippen molar-refractivity contribution in [1.82, 2.24) is 15.5 Å². The second kappa shape index (κ2) is 11.5. The molecule has 2 N–H and O–H groups in total. The molecular weight excluding hydrogens is 418 g/mol. The van der Waals surface area contributed by atoms with E-state index in [-0.39, 0.29) is 17.9 Å². The Bertz CT molecular complexity index is 842. The van der Waals surface area contributed by atoms with Gasteiger partial charge in [0, 0.05) is 12.6 Å². The van der Waals surface area contributed by atoms with Gasteiger partial charge in [-0.1, -0.05) is 43.5 Å². The highest BCUT2D eigenvalue weighted by molar-refractivity contribution is 5.92. The van der Waals surface area contributed by atoms with Crippen LogP contribution in [0.15, 0.2) is 18.2 Å². The zero-order valence-electron chi connectivity index (χ0n) is 21.3. The summed E-state index contributed by atoms with van der Waals surface area (Å²) in [4.78, 5) is 41.0. The smallest absolute Gasteiger partial charge is 0.408 e. The highest BCUT2D eigenvalue weighted by Crippen LogP contribution is 2.36. The van der Waals surface area contributed by atoms with Gasteiger partial charge in [-0.2, -0.15) is 0 Å². The van der Waals surface area contributed by atoms with Gasteiger partial charge in [-0.05, 0) is 71.9 Å². The SMILES string of the molecule is CCCCCNC(=O)C(c1cc(C)ccc1C)N(C(=O)C(C)NC(=O)OC(C)(C)C)C1CC1. The van der Waals surface area contributed by atoms with Crippen LogP contribution in [0, 0.1) is 13.8 Å². The fourth-order valence-corrected chi connectivity index (χ4v) is 3.80. The van der Waals surface area contributed by atoms with Gasteiger partial charge in [-0.15, -0.1) is 0 Å². The second-order valence-corrected chi connectivity index (χ2v) is 10.1. The topological polar surface area (TPSA) is 87.7 Å². The first kappa shape index (κ1) is 26.7. The molecule has 7 nitrogen and oxygen atoms in total. The molecule has 7 heteroatoms. The van der Waals surface area contributed by atoms with Gasteiger partial charge >= 0.3 is 6.09 Å². The number of ether oxygens (including phenoxy) is 1. The maximum absolute atomic E-state index is 13.6. The van der Waals surface area contributed by atoms with Gasteiger partial charge < -0.3 is 20.3 Å². The van der Waals surface area contributed by atoms with E-state index in [9.17, 15) is 14.4 Å². The van der Waals surface area contributed by atoms with Crippen LogP contribution < -0.4 is 10.6 Å². The third-order valence-corrected chi connectivity index (χ3v) is 5.63. The standard InChI is InChI=1S/C26H41N3O4/c1-8-9-10-15-27-23(30)22(21-16-17(2)11-12-18(21)3)29(20-13-14-20)24(31)19(4)28-25(32)33-26(5,6)7/h11-12,16,19-20,22H,8-10,13-15H2,1-7H3,(H,27,30)(H,28,32). The maximum Gasteiger partial charge on any atom is 0.408 e. The summed E-state index contributed by atoms with van der Waals surface area (Å²) in [6, 6.07) is 4.40. The van der Waals surface area contributed by atoms with Gasteiger partial charge in [0.2, 0.25) is 11.8 Å². The third kappa shape index (κ3) is 8.06. The normalized spacial score (nSPS) is 15.4. The van der Waals surface area contributed by atoms with E-state index in [0.717, 1.165) is 48.8 Å². The molecule has 1 aliphatic carbocycles. The van der Waals surface area contributed by atoms with Crippen molar-refractivity contribution in [3.8, 4) is 0 Å². The van der Waals surface area contributed by atoms with Gasteiger partial charge in [0.05, 0.1) is 0 Å². The van der Waals surface area contributed by atoms with E-state index in [1.807, 2.05) is 32.0 Å². The van der Waals surface area contributed by atoms with E-state index in [2.05, 4.69) is 17.6 Å². The lowest BCUT2D eigenvalue weighted by atomic mass is 9.96. The van der Waals surface area contributed by atoms with E-state index in [4.69, 9.17) is 4.74 Å². The fraction of sp³-hybridized carbons (Fsp3) is 0.654. The Hall–Kier alpha value is -2.57. The van der Waals surface area contributed by atoms with Gasteiger partial charge in [0.1, 0.15) is 17.7 Å². The van der Waals surface area contributed by atoms with E-state index in [1.54, 1.807) is 32.6 Å². The van der Waals surface area contributed by atoms with Gasteiger partial charge in [-0.25, -0.2) is 4.79 Å². The Balaban J connectivity index is 2.32. The molecule has 1 aromatic rings. The van der Waals surface area contributed by atoms with E-state index in [0.29, 0.717) is 6.54 Å². The van der Waals surface area contributed by atoms with E-state index < -0.39 is 23.8 Å². The van der Waals surface area contributed by atoms with Gasteiger partial charge in [0.15, 0.2) is 0 Å². The lowest BCUT2D eigenvalue weighted by Crippen LogP contribution is -2.53. The monoisotopic (exact) mass is 459 g/mol. The highest BCUT2D eigenvalue weighted by Gasteiger charge is 2.43. The Labute approximate surface area is 198 Å². The molecule has 1 saturated carbocycles. The molecule has 1 aliphatic rings. The van der Waals surface area contributed by atoms with Gasteiger partial charge in [0.25, 0.3) is 0 Å². The van der Waals surface area contributed by atoms with Crippen LogP contribution >= 0.6 is 0 Å². The number of aryl methyl sites for hydroxylation is 2. The molecule has 0 radical (unpaired) electrons. The van der Waals surface area contributed by atoms with Crippen molar-refractivity contribution in [1.29, 1.82) is 0 Å². The molecule has 0 aliphatic heterocycles. The summed E-state index contributed by atoms with van der Waals surface area (Å²) < 4.78 is 5.32. The molecule has 33 heavy (non-hydrogen) atoms. The molecule has 0 aromatic heterocycles. The molecular formula is C26H41N3O4. The zero-order valence-corrected chi connectivity index (χ0v) is 21.3. The molecule has 0 bridgehead atoms. The molecule has 1 fully saturated rings. The Kier molecular flexibility index (Phi) is 9.32. The number of hydrogen-bond donors (Lipinski definition) is 2. The molecule has 184 valence electrons. The number of amides is 3. The molecule has 0 saturated heterocycles. The van der Waals surface area contributed by atoms with Crippen LogP contribution in [0.5, 0.6) is 0 Å². The van der Waals surface area contributed by atoms with Crippen molar-refractivity contribution < 1.29 is 19.1 Å². The number of hydrogen-bond acceptors (Lipinski definition) is 4. The number of benzene rings is 1. The number of carbonyl (C=O) groups is 3. The summed E-state index contributed by atoms with van der Waals surface area (Å²) >= 11 is 0. The summed E-state index contributed by atoms with van der Waals surface area (Å²) in [5.41, 5.74) is 2.15. The predicted molar refractivity (Wildman–Crippen MR) is 130 cm³/mol. The van der Waals surface area contributed by atoms with Crippen LogP contribution in [0.25, 0.3) is 0 Å². The molecule has 2 rings (SSSR count). The molecule has 3 amide bonds. The van der Waals surface area contributed by atoms with Crippen LogP contribution in [-0.4, -0.2) is 47.0 Å². The van der Waals surface area contributed by atoms with Crippen LogP contribution in [0.1, 0.15) is 89.5 Å². The number of alkyl carbamates (subject to hydrolysis) is 1. The zero-order chi connectivity index (χ0) is 24.8. The number of carbonyl (C=O) groups excluding carboxylic acids is 3. The van der Waals surface area contributed by atoms with Crippen LogP contribution in [0.4, 0.5) is 4.79 Å². The number of unbranched alkanes of at least 4 members (excludes halogenated alkanes) is 2. The summed E-state index contributed by atoms with van der Waals surface area (Å²) in [5.74, 6) is -0.456. The number of rotatable bonds is 10. The summed E-state index contributed by atoms with van der Waals surface area (Å²) in [6.07, 6.45) is 4.04. The van der Waals surface area contributed by atoms with E-state index >= 15 is 0 Å². The highest BCUT2D eigenvalue weighted by atomic mass is 16.6. The average Bonchev–Trinajstić information content (AvgIpc) is 3.54. The first-order valence-corrected chi connectivity index (χ1v) is 12.1. The summed E-state index contributed by atoms with van der Waals surface area (Å²) in [7, 11) is 0. The molecule has 0 spiro atoms. The minimum atomic E-state index is -0.819. The minimum absolute atomic E-state index is 0.0216. The van der Waals surface area contributed by atoms with Crippen molar-refractivity contribution in [2.45, 2.75) is 104 Å². The summed E-state index contributed by atoms with van der Waals surface area (Å²) in [6.45, 7) is 13.6. The second-order valence-electron chi connectivity index (χ2n) is 10.1. The number of nitrogens with one attached hydrogen (secondary N) is 2. The largest absolute Gasteiger partial charge is 0.444 e. The first-order chi connectivity index (χ1) is 15.4. The lowest BCUT2D eigenvalue weighted by Gasteiger charge is -2.34. The van der Waals surface area contributed by atoms with Crippen molar-refractivity contribution in [3.63, 3.8) is 0 Å². The van der Waals surface area contributed by atoms with Gasteiger partial charge in [-0.3, -0.25) is 9.59 Å². The van der Waals surface area contributed by atoms with E-state index in [1.165, 1.54) is 0 Å².